The molecule has 1 aliphatic rings. The van der Waals surface area contributed by atoms with Crippen molar-refractivity contribution in [2.24, 2.45) is 0 Å². The first-order chi connectivity index (χ1) is 9.95. The topological polar surface area (TPSA) is 111 Å². The minimum absolute atomic E-state index is 0.0425. The van der Waals surface area contributed by atoms with Gasteiger partial charge in [-0.1, -0.05) is 18.8 Å². The van der Waals surface area contributed by atoms with E-state index in [0.29, 0.717) is 12.0 Å². The highest BCUT2D eigenvalue weighted by atomic mass is 16.6. The van der Waals surface area contributed by atoms with Gasteiger partial charge in [0.05, 0.1) is 11.7 Å². The van der Waals surface area contributed by atoms with E-state index in [2.05, 4.69) is 16.8 Å². The Bertz CT molecular complexity index is 631. The maximum absolute atomic E-state index is 11.9. The van der Waals surface area contributed by atoms with E-state index in [0.717, 1.165) is 11.0 Å². The number of aliphatic hydroxyl groups is 2. The van der Waals surface area contributed by atoms with E-state index >= 15 is 0 Å². The smallest absolute Gasteiger partial charge is 0.351 e. The Morgan fingerprint density at radius 1 is 1.48 bits per heavy atom. The third kappa shape index (κ3) is 3.08. The molecule has 0 unspecified atom stereocenters. The minimum Gasteiger partial charge on any atom is -0.388 e. The summed E-state index contributed by atoms with van der Waals surface area (Å²) in [4.78, 5) is 15.6. The summed E-state index contributed by atoms with van der Waals surface area (Å²) in [6.07, 6.45) is -0.822. The molecule has 0 aliphatic carbocycles. The third-order valence-corrected chi connectivity index (χ3v) is 3.33. The lowest BCUT2D eigenvalue weighted by atomic mass is 10.1. The van der Waals surface area contributed by atoms with E-state index in [1.54, 1.807) is 6.92 Å². The summed E-state index contributed by atoms with van der Waals surface area (Å²) in [5, 5.41) is 19.7. The summed E-state index contributed by atoms with van der Waals surface area (Å²) >= 11 is 0. The number of nitrogen functional groups attached to an aromatic ring is 1. The van der Waals surface area contributed by atoms with Crippen molar-refractivity contribution in [1.29, 1.82) is 0 Å². The standard InChI is InChI=1S/C14H19N3O4/c1-3-4-5-6-9-7-17(14(20)16-12(9)15)13-11(19)10(18)8(2)21-13/h7-8,10-11,13,18-19H,3-4H2,1-2H3,(H2,15,16,20)/t8-,10-,11-,13-/m1/s1. The van der Waals surface area contributed by atoms with Crippen LogP contribution in [-0.4, -0.2) is 38.1 Å². The first kappa shape index (κ1) is 15.5. The molecule has 1 aromatic rings. The van der Waals surface area contributed by atoms with Crippen molar-refractivity contribution in [3.8, 4) is 11.8 Å². The average molecular weight is 293 g/mol. The highest BCUT2D eigenvalue weighted by molar-refractivity contribution is 5.48. The van der Waals surface area contributed by atoms with Crippen LogP contribution >= 0.6 is 0 Å². The monoisotopic (exact) mass is 293 g/mol. The predicted octanol–water partition coefficient (Wildman–Crippen LogP) is -0.384. The quantitative estimate of drug-likeness (QED) is 0.641. The van der Waals surface area contributed by atoms with E-state index in [1.165, 1.54) is 6.20 Å². The molecule has 7 heteroatoms. The van der Waals surface area contributed by atoms with Gasteiger partial charge in [0.1, 0.15) is 18.0 Å². The number of hydrogen-bond acceptors (Lipinski definition) is 6. The van der Waals surface area contributed by atoms with Gasteiger partial charge in [0.25, 0.3) is 0 Å². The zero-order chi connectivity index (χ0) is 15.6. The summed E-state index contributed by atoms with van der Waals surface area (Å²) < 4.78 is 6.52. The van der Waals surface area contributed by atoms with Crippen LogP contribution in [-0.2, 0) is 4.74 Å². The van der Waals surface area contributed by atoms with Gasteiger partial charge < -0.3 is 20.7 Å². The van der Waals surface area contributed by atoms with Crippen LogP contribution in [0, 0.1) is 11.8 Å². The molecule has 1 fully saturated rings. The van der Waals surface area contributed by atoms with Gasteiger partial charge >= 0.3 is 5.69 Å². The second kappa shape index (κ2) is 6.26. The molecule has 4 atom stereocenters. The molecular formula is C14H19N3O4. The Labute approximate surface area is 122 Å². The summed E-state index contributed by atoms with van der Waals surface area (Å²) in [5.41, 5.74) is 5.42. The van der Waals surface area contributed by atoms with Gasteiger partial charge in [0.15, 0.2) is 6.23 Å². The Kier molecular flexibility index (Phi) is 4.63. The molecule has 1 saturated heterocycles. The Morgan fingerprint density at radius 3 is 2.76 bits per heavy atom. The van der Waals surface area contributed by atoms with Crippen LogP contribution < -0.4 is 11.4 Å². The van der Waals surface area contributed by atoms with E-state index in [1.807, 2.05) is 6.92 Å². The summed E-state index contributed by atoms with van der Waals surface area (Å²) in [6.45, 7) is 3.62. The van der Waals surface area contributed by atoms with Crippen molar-refractivity contribution in [2.75, 3.05) is 5.73 Å². The van der Waals surface area contributed by atoms with Crippen molar-refractivity contribution >= 4 is 5.82 Å². The molecule has 114 valence electrons. The molecule has 0 saturated carbocycles. The predicted molar refractivity (Wildman–Crippen MR) is 76.3 cm³/mol. The summed E-state index contributed by atoms with van der Waals surface area (Å²) in [5.74, 6) is 5.81. The number of nitrogens with two attached hydrogens (primary N) is 1. The molecule has 0 amide bonds. The van der Waals surface area contributed by atoms with E-state index in [-0.39, 0.29) is 5.82 Å². The van der Waals surface area contributed by atoms with Crippen LogP contribution in [0.5, 0.6) is 0 Å². The van der Waals surface area contributed by atoms with Gasteiger partial charge in [-0.2, -0.15) is 4.98 Å². The lowest BCUT2D eigenvalue weighted by Gasteiger charge is -2.17. The number of unbranched alkanes of at least 4 members (excludes halogenated alkanes) is 1. The summed E-state index contributed by atoms with van der Waals surface area (Å²) in [7, 11) is 0. The SMILES string of the molecule is CCCC#Cc1cn([C@@H]2O[C@H](C)[C@@H](O)[C@H]2O)c(=O)nc1N. The first-order valence-electron chi connectivity index (χ1n) is 6.84. The zero-order valence-corrected chi connectivity index (χ0v) is 12.0. The first-order valence-corrected chi connectivity index (χ1v) is 6.84. The third-order valence-electron chi connectivity index (χ3n) is 3.33. The van der Waals surface area contributed by atoms with Gasteiger partial charge in [0.2, 0.25) is 0 Å². The van der Waals surface area contributed by atoms with Crippen molar-refractivity contribution in [1.82, 2.24) is 9.55 Å². The molecule has 4 N–H and O–H groups in total. The maximum atomic E-state index is 11.9. The molecule has 7 nitrogen and oxygen atoms in total. The number of anilines is 1. The molecule has 1 aliphatic heterocycles. The molecular weight excluding hydrogens is 274 g/mol. The van der Waals surface area contributed by atoms with Crippen molar-refractivity contribution in [3.63, 3.8) is 0 Å². The van der Waals surface area contributed by atoms with Crippen LogP contribution in [0.2, 0.25) is 0 Å². The number of aromatic nitrogens is 2. The van der Waals surface area contributed by atoms with Crippen LogP contribution in [0.25, 0.3) is 0 Å². The fourth-order valence-corrected chi connectivity index (χ4v) is 2.10. The Morgan fingerprint density at radius 2 is 2.19 bits per heavy atom. The van der Waals surface area contributed by atoms with Crippen LogP contribution in [0.1, 0.15) is 38.5 Å². The van der Waals surface area contributed by atoms with Crippen LogP contribution in [0.4, 0.5) is 5.82 Å². The molecule has 0 bridgehead atoms. The molecule has 1 aromatic heterocycles. The van der Waals surface area contributed by atoms with Crippen molar-refractivity contribution < 1.29 is 14.9 Å². The largest absolute Gasteiger partial charge is 0.388 e. The normalized spacial score (nSPS) is 28.2. The van der Waals surface area contributed by atoms with Gasteiger partial charge in [-0.15, -0.1) is 0 Å². The van der Waals surface area contributed by atoms with Gasteiger partial charge in [0, 0.05) is 12.6 Å². The molecule has 0 aromatic carbocycles. The highest BCUT2D eigenvalue weighted by Gasteiger charge is 2.41. The van der Waals surface area contributed by atoms with Crippen LogP contribution in [0.15, 0.2) is 11.0 Å². The number of hydrogen-bond donors (Lipinski definition) is 3. The number of nitrogens with zero attached hydrogens (tertiary/aromatic N) is 2. The number of rotatable bonds is 2. The zero-order valence-electron chi connectivity index (χ0n) is 12.0. The number of aliphatic hydroxyl groups excluding tert-OH is 2. The molecule has 2 heterocycles. The average Bonchev–Trinajstić information content (AvgIpc) is 2.69. The summed E-state index contributed by atoms with van der Waals surface area (Å²) in [6, 6.07) is 0. The maximum Gasteiger partial charge on any atom is 0.351 e. The Hall–Kier alpha value is -1.88. The highest BCUT2D eigenvalue weighted by Crippen LogP contribution is 2.28. The van der Waals surface area contributed by atoms with Gasteiger partial charge in [-0.25, -0.2) is 4.79 Å². The molecule has 2 rings (SSSR count). The fourth-order valence-electron chi connectivity index (χ4n) is 2.10. The second-order valence-electron chi connectivity index (χ2n) is 4.99. The second-order valence-corrected chi connectivity index (χ2v) is 4.99. The van der Waals surface area contributed by atoms with Gasteiger partial charge in [-0.05, 0) is 13.3 Å². The lowest BCUT2D eigenvalue weighted by molar-refractivity contribution is -0.0350. The van der Waals surface area contributed by atoms with Crippen molar-refractivity contribution in [2.45, 2.75) is 51.2 Å². The number of ether oxygens (including phenoxy) is 1. The van der Waals surface area contributed by atoms with Crippen LogP contribution in [0.3, 0.4) is 0 Å². The van der Waals surface area contributed by atoms with E-state index in [4.69, 9.17) is 10.5 Å². The van der Waals surface area contributed by atoms with Crippen molar-refractivity contribution in [3.05, 3.63) is 22.2 Å². The van der Waals surface area contributed by atoms with E-state index < -0.39 is 30.2 Å². The molecule has 0 spiro atoms. The van der Waals surface area contributed by atoms with Gasteiger partial charge in [-0.3, -0.25) is 4.57 Å². The molecule has 0 radical (unpaired) electrons. The minimum atomic E-state index is -1.21. The Balaban J connectivity index is 2.39. The molecule has 21 heavy (non-hydrogen) atoms. The fraction of sp³-hybridized carbons (Fsp3) is 0.571. The lowest BCUT2D eigenvalue weighted by Crippen LogP contribution is -2.35. The van der Waals surface area contributed by atoms with E-state index in [9.17, 15) is 15.0 Å².